The highest BCUT2D eigenvalue weighted by Crippen LogP contribution is 2.40. The van der Waals surface area contributed by atoms with Crippen molar-refractivity contribution in [2.45, 2.75) is 37.6 Å². The van der Waals surface area contributed by atoms with Gasteiger partial charge in [-0.2, -0.15) is 4.98 Å². The Labute approximate surface area is 98.4 Å². The van der Waals surface area contributed by atoms with E-state index in [1.807, 2.05) is 0 Å². The fourth-order valence-corrected chi connectivity index (χ4v) is 3.10. The number of hydrogen-bond donors (Lipinski definition) is 2. The molecule has 0 radical (unpaired) electrons. The fraction of sp³-hybridized carbons (Fsp3) is 0.636. The van der Waals surface area contributed by atoms with Gasteiger partial charge < -0.3 is 20.2 Å². The third-order valence-corrected chi connectivity index (χ3v) is 3.79. The summed E-state index contributed by atoms with van der Waals surface area (Å²) in [4.78, 5) is 16.9. The van der Waals surface area contributed by atoms with Gasteiger partial charge >= 0.3 is 6.09 Å². The zero-order valence-electron chi connectivity index (χ0n) is 9.43. The van der Waals surface area contributed by atoms with Gasteiger partial charge in [0.25, 0.3) is 6.01 Å². The van der Waals surface area contributed by atoms with Gasteiger partial charge in [0.15, 0.2) is 0 Å². The maximum atomic E-state index is 11.2. The number of nitrogens with two attached hydrogens (primary N) is 1. The summed E-state index contributed by atoms with van der Waals surface area (Å²) in [6, 6.07) is 0.237. The van der Waals surface area contributed by atoms with Gasteiger partial charge in [-0.15, -0.1) is 0 Å². The summed E-state index contributed by atoms with van der Waals surface area (Å²) >= 11 is 0. The van der Waals surface area contributed by atoms with Crippen LogP contribution in [-0.4, -0.2) is 33.7 Å². The molecule has 0 aromatic carbocycles. The SMILES string of the molecule is Nc1nc2c(o1)CCC1C2CCCN1C(=O)O. The lowest BCUT2D eigenvalue weighted by molar-refractivity contribution is 0.0875. The van der Waals surface area contributed by atoms with Crippen LogP contribution in [0.15, 0.2) is 4.42 Å². The summed E-state index contributed by atoms with van der Waals surface area (Å²) in [6.45, 7) is 0.624. The minimum Gasteiger partial charge on any atom is -0.465 e. The minimum atomic E-state index is -0.834. The zero-order chi connectivity index (χ0) is 12.0. The highest BCUT2D eigenvalue weighted by atomic mass is 16.4. The number of rotatable bonds is 0. The van der Waals surface area contributed by atoms with Crippen LogP contribution in [0.2, 0.25) is 0 Å². The molecule has 17 heavy (non-hydrogen) atoms. The average Bonchev–Trinajstić information content (AvgIpc) is 2.68. The van der Waals surface area contributed by atoms with Gasteiger partial charge in [0, 0.05) is 24.9 Å². The number of anilines is 1. The number of piperidine rings is 1. The molecular weight excluding hydrogens is 222 g/mol. The molecular formula is C11H15N3O3. The zero-order valence-corrected chi connectivity index (χ0v) is 9.43. The van der Waals surface area contributed by atoms with E-state index in [4.69, 9.17) is 10.2 Å². The van der Waals surface area contributed by atoms with E-state index in [0.29, 0.717) is 6.54 Å². The molecule has 2 unspecified atom stereocenters. The monoisotopic (exact) mass is 237 g/mol. The van der Waals surface area contributed by atoms with Crippen molar-refractivity contribution in [3.63, 3.8) is 0 Å². The first kappa shape index (κ1) is 10.4. The molecule has 1 amide bonds. The van der Waals surface area contributed by atoms with Crippen LogP contribution in [0.3, 0.4) is 0 Å². The minimum absolute atomic E-state index is 0.0400. The predicted molar refractivity (Wildman–Crippen MR) is 59.7 cm³/mol. The van der Waals surface area contributed by atoms with Crippen LogP contribution in [0.4, 0.5) is 10.8 Å². The van der Waals surface area contributed by atoms with Crippen LogP contribution in [0.1, 0.15) is 36.6 Å². The Balaban J connectivity index is 1.95. The molecule has 1 aliphatic carbocycles. The molecule has 2 aliphatic rings. The van der Waals surface area contributed by atoms with E-state index in [1.165, 1.54) is 0 Å². The van der Waals surface area contributed by atoms with Crippen molar-refractivity contribution in [2.24, 2.45) is 0 Å². The number of likely N-dealkylation sites (tertiary alicyclic amines) is 1. The Morgan fingerprint density at radius 3 is 3.12 bits per heavy atom. The molecule has 3 N–H and O–H groups in total. The number of nitrogen functional groups attached to an aromatic ring is 1. The van der Waals surface area contributed by atoms with Crippen molar-refractivity contribution in [3.05, 3.63) is 11.5 Å². The molecule has 0 saturated carbocycles. The largest absolute Gasteiger partial charge is 0.465 e. The predicted octanol–water partition coefficient (Wildman–Crippen LogP) is 1.43. The molecule has 1 aromatic heterocycles. The standard InChI is InChI=1S/C11H15N3O3/c12-10-13-9-6-2-1-5-14(11(15)16)7(6)3-4-8(9)17-10/h6-7H,1-5H2,(H2,12,13)(H,15,16). The van der Waals surface area contributed by atoms with Crippen LogP contribution < -0.4 is 5.73 Å². The maximum absolute atomic E-state index is 11.2. The summed E-state index contributed by atoms with van der Waals surface area (Å²) in [7, 11) is 0. The van der Waals surface area contributed by atoms with Crippen LogP contribution in [0.5, 0.6) is 0 Å². The van der Waals surface area contributed by atoms with E-state index in [9.17, 15) is 9.90 Å². The average molecular weight is 237 g/mol. The third kappa shape index (κ3) is 1.55. The molecule has 1 saturated heterocycles. The van der Waals surface area contributed by atoms with Crippen molar-refractivity contribution < 1.29 is 14.3 Å². The number of aromatic nitrogens is 1. The van der Waals surface area contributed by atoms with Crippen molar-refractivity contribution in [1.29, 1.82) is 0 Å². The quantitative estimate of drug-likeness (QED) is 0.712. The lowest BCUT2D eigenvalue weighted by Gasteiger charge is -2.41. The van der Waals surface area contributed by atoms with E-state index in [2.05, 4.69) is 4.98 Å². The second-order valence-corrected chi connectivity index (χ2v) is 4.69. The molecule has 3 rings (SSSR count). The topological polar surface area (TPSA) is 92.6 Å². The van der Waals surface area contributed by atoms with Crippen molar-refractivity contribution in [1.82, 2.24) is 9.88 Å². The molecule has 1 aromatic rings. The molecule has 0 spiro atoms. The Morgan fingerprint density at radius 2 is 2.35 bits per heavy atom. The molecule has 6 heteroatoms. The Morgan fingerprint density at radius 1 is 1.53 bits per heavy atom. The fourth-order valence-electron chi connectivity index (χ4n) is 3.10. The Kier molecular flexibility index (Phi) is 2.24. The van der Waals surface area contributed by atoms with Crippen molar-refractivity contribution in [3.8, 4) is 0 Å². The smallest absolute Gasteiger partial charge is 0.407 e. The molecule has 6 nitrogen and oxygen atoms in total. The van der Waals surface area contributed by atoms with Gasteiger partial charge in [-0.3, -0.25) is 0 Å². The van der Waals surface area contributed by atoms with Gasteiger partial charge in [-0.1, -0.05) is 0 Å². The normalized spacial score (nSPS) is 27.4. The second-order valence-electron chi connectivity index (χ2n) is 4.69. The van der Waals surface area contributed by atoms with Gasteiger partial charge in [0.1, 0.15) is 5.76 Å². The molecule has 2 heterocycles. The molecule has 2 atom stereocenters. The number of fused-ring (bicyclic) bond motifs is 3. The summed E-state index contributed by atoms with van der Waals surface area (Å²) in [5.74, 6) is 1.00. The van der Waals surface area contributed by atoms with E-state index in [0.717, 1.165) is 37.1 Å². The number of hydrogen-bond acceptors (Lipinski definition) is 4. The first-order chi connectivity index (χ1) is 8.16. The molecule has 1 aliphatic heterocycles. The van der Waals surface area contributed by atoms with Crippen LogP contribution in [0.25, 0.3) is 0 Å². The lowest BCUT2D eigenvalue weighted by Crippen LogP contribution is -2.48. The highest BCUT2D eigenvalue weighted by Gasteiger charge is 2.41. The number of aryl methyl sites for hydroxylation is 1. The Hall–Kier alpha value is -1.72. The van der Waals surface area contributed by atoms with Crippen LogP contribution in [-0.2, 0) is 6.42 Å². The highest BCUT2D eigenvalue weighted by molar-refractivity contribution is 5.66. The van der Waals surface area contributed by atoms with Crippen molar-refractivity contribution in [2.75, 3.05) is 12.3 Å². The summed E-state index contributed by atoms with van der Waals surface area (Å²) < 4.78 is 5.35. The third-order valence-electron chi connectivity index (χ3n) is 3.79. The molecule has 1 fully saturated rings. The molecule has 92 valence electrons. The number of nitrogens with zero attached hydrogens (tertiary/aromatic N) is 2. The van der Waals surface area contributed by atoms with Crippen LogP contribution in [0, 0.1) is 0 Å². The van der Waals surface area contributed by atoms with Gasteiger partial charge in [-0.05, 0) is 19.3 Å². The molecule has 0 bridgehead atoms. The van der Waals surface area contributed by atoms with E-state index < -0.39 is 6.09 Å². The van der Waals surface area contributed by atoms with Gasteiger partial charge in [-0.25, -0.2) is 4.79 Å². The summed E-state index contributed by atoms with van der Waals surface area (Å²) in [6.07, 6.45) is 2.54. The second kappa shape index (κ2) is 3.65. The summed E-state index contributed by atoms with van der Waals surface area (Å²) in [5, 5.41) is 9.19. The number of oxazole rings is 1. The lowest BCUT2D eigenvalue weighted by atomic mass is 9.79. The van der Waals surface area contributed by atoms with Crippen LogP contribution >= 0.6 is 0 Å². The van der Waals surface area contributed by atoms with Gasteiger partial charge in [0.05, 0.1) is 5.69 Å². The summed E-state index contributed by atoms with van der Waals surface area (Å²) in [5.41, 5.74) is 6.45. The number of carbonyl (C=O) groups is 1. The van der Waals surface area contributed by atoms with Gasteiger partial charge in [0.2, 0.25) is 0 Å². The van der Waals surface area contributed by atoms with E-state index in [-0.39, 0.29) is 18.0 Å². The number of carboxylic acid groups (broad SMARTS) is 1. The van der Waals surface area contributed by atoms with E-state index in [1.54, 1.807) is 4.90 Å². The first-order valence-electron chi connectivity index (χ1n) is 5.91. The van der Waals surface area contributed by atoms with Crippen molar-refractivity contribution >= 4 is 12.1 Å². The van der Waals surface area contributed by atoms with E-state index >= 15 is 0 Å². The number of amides is 1. The maximum Gasteiger partial charge on any atom is 0.407 e. The first-order valence-corrected chi connectivity index (χ1v) is 5.91. The Bertz CT molecular complexity index is 457.